The molecule has 4 aromatic rings. The van der Waals surface area contributed by atoms with Gasteiger partial charge >= 0.3 is 0 Å². The zero-order valence-corrected chi connectivity index (χ0v) is 34.8. The number of para-hydroxylation sites is 2. The van der Waals surface area contributed by atoms with Crippen LogP contribution in [0.3, 0.4) is 0 Å². The van der Waals surface area contributed by atoms with Crippen molar-refractivity contribution in [3.05, 3.63) is 108 Å². The number of nitriles is 2. The van der Waals surface area contributed by atoms with Crippen molar-refractivity contribution >= 4 is 0 Å². The third-order valence-corrected chi connectivity index (χ3v) is 10.3. The van der Waals surface area contributed by atoms with Crippen LogP contribution in [0.4, 0.5) is 0 Å². The second-order valence-electron chi connectivity index (χ2n) is 15.2. The fourth-order valence-electron chi connectivity index (χ4n) is 7.26. The third kappa shape index (κ3) is 14.3. The fraction of sp³-hybridized carbons (Fsp3) is 0.458. The molecule has 0 radical (unpaired) electrons. The van der Waals surface area contributed by atoms with E-state index in [2.05, 4.69) is 76.5 Å². The maximum atomic E-state index is 10.0. The molecule has 6 heteroatoms. The van der Waals surface area contributed by atoms with E-state index in [1.807, 2.05) is 60.7 Å². The Balaban J connectivity index is 0.00000784. The Labute approximate surface area is 337 Å². The number of quaternary nitrogens is 1. The third-order valence-electron chi connectivity index (χ3n) is 10.3. The molecule has 0 bridgehead atoms. The van der Waals surface area contributed by atoms with Crippen molar-refractivity contribution in [2.75, 3.05) is 27.2 Å². The van der Waals surface area contributed by atoms with Crippen LogP contribution < -0.4 is 26.5 Å². The van der Waals surface area contributed by atoms with E-state index in [-0.39, 0.29) is 29.2 Å². The first-order valence-corrected chi connectivity index (χ1v) is 20.2. The second kappa shape index (κ2) is 24.3. The van der Waals surface area contributed by atoms with Crippen LogP contribution in [0.5, 0.6) is 11.5 Å². The summed E-state index contributed by atoms with van der Waals surface area (Å²) in [5.74, 6) is 1.43. The van der Waals surface area contributed by atoms with Crippen molar-refractivity contribution in [3.8, 4) is 45.9 Å². The smallest absolute Gasteiger partial charge is 0.145 e. The Morgan fingerprint density at radius 2 is 0.889 bits per heavy atom. The highest BCUT2D eigenvalue weighted by Crippen LogP contribution is 2.36. The van der Waals surface area contributed by atoms with E-state index >= 15 is 0 Å². The lowest BCUT2D eigenvalue weighted by Crippen LogP contribution is -3.00. The molecule has 4 aromatic carbocycles. The Hall–Kier alpha value is -4.10. The molecule has 0 heterocycles. The summed E-state index contributed by atoms with van der Waals surface area (Å²) in [6.07, 6.45) is 15.7. The van der Waals surface area contributed by atoms with E-state index in [4.69, 9.17) is 9.47 Å². The number of rotatable bonds is 24. The average molecular weight is 793 g/mol. The number of halogens is 1. The largest absolute Gasteiger partial charge is 1.00 e. The predicted octanol–water partition coefficient (Wildman–Crippen LogP) is 9.54. The molecule has 54 heavy (non-hydrogen) atoms. The quantitative estimate of drug-likeness (QED) is 0.0524. The number of ether oxygens (including phenoxy) is 2. The van der Waals surface area contributed by atoms with Crippen LogP contribution in [-0.4, -0.2) is 43.9 Å². The first kappa shape index (κ1) is 44.3. The van der Waals surface area contributed by atoms with Gasteiger partial charge in [0.1, 0.15) is 23.6 Å². The van der Waals surface area contributed by atoms with Gasteiger partial charge in [-0.15, -0.1) is 0 Å². The molecule has 0 aliphatic heterocycles. The minimum Gasteiger partial charge on any atom is -1.00 e. The van der Waals surface area contributed by atoms with Crippen LogP contribution in [0.1, 0.15) is 115 Å². The lowest BCUT2D eigenvalue weighted by molar-refractivity contribution is -0.890. The van der Waals surface area contributed by atoms with Crippen LogP contribution in [0.15, 0.2) is 97.1 Å². The lowest BCUT2D eigenvalue weighted by Gasteiger charge is -2.31. The highest BCUT2D eigenvalue weighted by molar-refractivity contribution is 5.74. The van der Waals surface area contributed by atoms with Gasteiger partial charge in [0.15, 0.2) is 0 Å². The molecular formula is C48H62BrN3O2. The van der Waals surface area contributed by atoms with E-state index in [1.54, 1.807) is 0 Å². The molecule has 0 amide bonds. The highest BCUT2D eigenvalue weighted by Gasteiger charge is 2.22. The summed E-state index contributed by atoms with van der Waals surface area (Å²) in [5, 5.41) is 20.1. The van der Waals surface area contributed by atoms with E-state index < -0.39 is 0 Å². The van der Waals surface area contributed by atoms with E-state index in [1.165, 1.54) is 38.5 Å². The van der Waals surface area contributed by atoms with E-state index in [0.29, 0.717) is 22.6 Å². The first-order chi connectivity index (χ1) is 25.9. The van der Waals surface area contributed by atoms with Gasteiger partial charge in [0.25, 0.3) is 0 Å². The Morgan fingerprint density at radius 1 is 0.500 bits per heavy atom. The van der Waals surface area contributed by atoms with Crippen LogP contribution in [-0.2, 0) is 0 Å². The first-order valence-electron chi connectivity index (χ1n) is 20.2. The highest BCUT2D eigenvalue weighted by atomic mass is 79.9. The number of hydrogen-bond donors (Lipinski definition) is 0. The van der Waals surface area contributed by atoms with Gasteiger partial charge in [-0.1, -0.05) is 137 Å². The van der Waals surface area contributed by atoms with Gasteiger partial charge in [-0.25, -0.2) is 0 Å². The average Bonchev–Trinajstić information content (AvgIpc) is 3.18. The molecule has 0 fully saturated rings. The SMILES string of the molecule is CCCCCCC(CCC[N+](C)(C)CCCC(CCCCCC)Oc1c(C#N)cccc1-c1ccccc1)Oc1c(C#N)cccc1-c1ccccc1.[Br-]. The van der Waals surface area contributed by atoms with E-state index in [0.717, 1.165) is 91.2 Å². The minimum absolute atomic E-state index is 0. The maximum absolute atomic E-state index is 10.0. The van der Waals surface area contributed by atoms with E-state index in [9.17, 15) is 10.5 Å². The van der Waals surface area contributed by atoms with Gasteiger partial charge in [-0.3, -0.25) is 0 Å². The molecule has 0 aliphatic rings. The van der Waals surface area contributed by atoms with Crippen LogP contribution in [0, 0.1) is 22.7 Å². The monoisotopic (exact) mass is 791 g/mol. The number of hydrogen-bond acceptors (Lipinski definition) is 4. The summed E-state index contributed by atoms with van der Waals surface area (Å²) < 4.78 is 14.6. The molecule has 4 rings (SSSR count). The van der Waals surface area contributed by atoms with Crippen molar-refractivity contribution < 1.29 is 30.9 Å². The van der Waals surface area contributed by atoms with Gasteiger partial charge in [0.05, 0.1) is 50.5 Å². The van der Waals surface area contributed by atoms with Gasteiger partial charge in [-0.2, -0.15) is 10.5 Å². The summed E-state index contributed by atoms with van der Waals surface area (Å²) >= 11 is 0. The van der Waals surface area contributed by atoms with Gasteiger partial charge in [-0.05, 0) is 61.8 Å². The molecule has 0 aromatic heterocycles. The Kier molecular flexibility index (Phi) is 20.0. The molecule has 0 saturated heterocycles. The molecule has 2 atom stereocenters. The molecular weight excluding hydrogens is 730 g/mol. The summed E-state index contributed by atoms with van der Waals surface area (Å²) in [6, 6.07) is 37.1. The van der Waals surface area contributed by atoms with Crippen molar-refractivity contribution in [1.29, 1.82) is 10.5 Å². The van der Waals surface area contributed by atoms with Crippen molar-refractivity contribution in [2.45, 2.75) is 116 Å². The van der Waals surface area contributed by atoms with Crippen LogP contribution >= 0.6 is 0 Å². The fourth-order valence-corrected chi connectivity index (χ4v) is 7.26. The molecule has 0 saturated carbocycles. The van der Waals surface area contributed by atoms with Gasteiger partial charge in [0.2, 0.25) is 0 Å². The Morgan fingerprint density at radius 3 is 1.26 bits per heavy atom. The molecule has 288 valence electrons. The maximum Gasteiger partial charge on any atom is 0.145 e. The number of benzene rings is 4. The van der Waals surface area contributed by atoms with Crippen molar-refractivity contribution in [1.82, 2.24) is 0 Å². The predicted molar refractivity (Wildman–Crippen MR) is 220 cm³/mol. The molecule has 0 aliphatic carbocycles. The lowest BCUT2D eigenvalue weighted by atomic mass is 10.0. The number of unbranched alkanes of at least 4 members (excludes halogenated alkanes) is 6. The minimum atomic E-state index is 0. The summed E-state index contributed by atoms with van der Waals surface area (Å²) in [5.41, 5.74) is 5.31. The normalized spacial score (nSPS) is 12.2. The zero-order chi connectivity index (χ0) is 37.7. The number of nitrogens with zero attached hydrogens (tertiary/aromatic N) is 3. The second-order valence-corrected chi connectivity index (χ2v) is 15.2. The summed E-state index contributed by atoms with van der Waals surface area (Å²) in [4.78, 5) is 0. The summed E-state index contributed by atoms with van der Waals surface area (Å²) in [6.45, 7) is 6.60. The van der Waals surface area contributed by atoms with Crippen LogP contribution in [0.2, 0.25) is 0 Å². The molecule has 2 unspecified atom stereocenters. The van der Waals surface area contributed by atoms with Crippen LogP contribution in [0.25, 0.3) is 22.3 Å². The molecule has 0 spiro atoms. The van der Waals surface area contributed by atoms with Gasteiger partial charge < -0.3 is 30.9 Å². The Bertz CT molecular complexity index is 1600. The standard InChI is InChI=1S/C48H62N3O2.BrH/c1-5-7-9-17-29-43(52-47-41(37-49)27-19-33-45(47)39-23-13-11-14-24-39)31-21-35-51(3,4)36-22-32-44(30-18-10-8-6-2)53-48-42(38-50)28-20-34-46(48)40-25-15-12-16-26-40;/h11-16,19-20,23-28,33-34,43-44H,5-10,17-18,21-22,29-32,35-36H2,1-4H3;1H/q+1;/p-1. The van der Waals surface area contributed by atoms with Crippen molar-refractivity contribution in [2.24, 2.45) is 0 Å². The molecule has 5 nitrogen and oxygen atoms in total. The van der Waals surface area contributed by atoms with Gasteiger partial charge in [0, 0.05) is 24.0 Å². The topological polar surface area (TPSA) is 66.0 Å². The molecule has 0 N–H and O–H groups in total. The summed E-state index contributed by atoms with van der Waals surface area (Å²) in [7, 11) is 4.68. The zero-order valence-electron chi connectivity index (χ0n) is 33.2. The van der Waals surface area contributed by atoms with Crippen molar-refractivity contribution in [3.63, 3.8) is 0 Å².